The number of nitrogens with one attached hydrogen (secondary N) is 1. The Morgan fingerprint density at radius 2 is 1.80 bits per heavy atom. The second-order valence-corrected chi connectivity index (χ2v) is 6.69. The number of nitrogens with zero attached hydrogens (tertiary/aromatic N) is 1. The number of carbonyl (C=O) groups is 2. The number of piperidine rings is 1. The van der Waals surface area contributed by atoms with E-state index in [4.69, 9.17) is 5.73 Å². The van der Waals surface area contributed by atoms with Crippen molar-refractivity contribution in [2.24, 2.45) is 17.1 Å². The third kappa shape index (κ3) is 2.55. The predicted octanol–water partition coefficient (Wildman–Crippen LogP) is 0.633. The number of carbonyl (C=O) groups excluding carboxylic acids is 2. The van der Waals surface area contributed by atoms with Gasteiger partial charge in [-0.25, -0.2) is 0 Å². The minimum atomic E-state index is -0.260. The molecule has 0 unspecified atom stereocenters. The molecule has 2 amide bonds. The lowest BCUT2D eigenvalue weighted by Crippen LogP contribution is -2.55. The van der Waals surface area contributed by atoms with Crippen molar-refractivity contribution >= 4 is 11.8 Å². The molecule has 1 saturated heterocycles. The first-order valence-electron chi connectivity index (χ1n) is 7.94. The first-order valence-corrected chi connectivity index (χ1v) is 7.94. The molecule has 5 heteroatoms. The maximum Gasteiger partial charge on any atom is 0.230 e. The van der Waals surface area contributed by atoms with Crippen LogP contribution in [-0.2, 0) is 9.59 Å². The summed E-state index contributed by atoms with van der Waals surface area (Å²) in [4.78, 5) is 26.2. The van der Waals surface area contributed by atoms with E-state index in [1.165, 1.54) is 0 Å². The van der Waals surface area contributed by atoms with Crippen LogP contribution in [0.3, 0.4) is 0 Å². The molecule has 1 aliphatic heterocycles. The fourth-order valence-corrected chi connectivity index (χ4v) is 3.34. The number of amides is 2. The van der Waals surface area contributed by atoms with E-state index in [1.807, 2.05) is 4.90 Å². The molecule has 5 nitrogen and oxygen atoms in total. The van der Waals surface area contributed by atoms with Gasteiger partial charge in [0, 0.05) is 31.6 Å². The molecule has 3 fully saturated rings. The molecule has 20 heavy (non-hydrogen) atoms. The standard InChI is InChI=1S/C15H25N3O2/c16-10-15(6-1-7-15)14(20)18-8-4-12(5-9-18)17-13(19)11-2-3-11/h11-12H,1-10,16H2,(H,17,19). The Morgan fingerprint density at radius 1 is 1.15 bits per heavy atom. The predicted molar refractivity (Wildman–Crippen MR) is 75.8 cm³/mol. The van der Waals surface area contributed by atoms with Crippen LogP contribution in [-0.4, -0.2) is 42.4 Å². The van der Waals surface area contributed by atoms with Gasteiger partial charge in [0.25, 0.3) is 0 Å². The largest absolute Gasteiger partial charge is 0.353 e. The first kappa shape index (κ1) is 13.9. The van der Waals surface area contributed by atoms with Crippen LogP contribution in [0.25, 0.3) is 0 Å². The minimum absolute atomic E-state index is 0.215. The minimum Gasteiger partial charge on any atom is -0.353 e. The third-order valence-corrected chi connectivity index (χ3v) is 5.23. The zero-order chi connectivity index (χ0) is 14.2. The van der Waals surface area contributed by atoms with Gasteiger partial charge in [0.1, 0.15) is 0 Å². The van der Waals surface area contributed by atoms with Crippen LogP contribution in [0.5, 0.6) is 0 Å². The van der Waals surface area contributed by atoms with Gasteiger partial charge in [-0.3, -0.25) is 9.59 Å². The van der Waals surface area contributed by atoms with Gasteiger partial charge in [-0.05, 0) is 38.5 Å². The number of likely N-dealkylation sites (tertiary alicyclic amines) is 1. The van der Waals surface area contributed by atoms with Crippen LogP contribution >= 0.6 is 0 Å². The van der Waals surface area contributed by atoms with Gasteiger partial charge in [0.2, 0.25) is 11.8 Å². The summed E-state index contributed by atoms with van der Waals surface area (Å²) in [5, 5.41) is 3.12. The maximum atomic E-state index is 12.5. The molecule has 3 aliphatic rings. The number of nitrogens with two attached hydrogens (primary N) is 1. The second kappa shape index (κ2) is 5.35. The summed E-state index contributed by atoms with van der Waals surface area (Å²) in [6, 6.07) is 0.252. The Kier molecular flexibility index (Phi) is 3.71. The van der Waals surface area contributed by atoms with E-state index >= 15 is 0 Å². The van der Waals surface area contributed by atoms with Crippen LogP contribution in [0.15, 0.2) is 0 Å². The van der Waals surface area contributed by atoms with Crippen molar-refractivity contribution in [2.75, 3.05) is 19.6 Å². The molecule has 0 aromatic heterocycles. The van der Waals surface area contributed by atoms with Gasteiger partial charge in [-0.15, -0.1) is 0 Å². The summed E-state index contributed by atoms with van der Waals surface area (Å²) in [6.45, 7) is 2.00. The summed E-state index contributed by atoms with van der Waals surface area (Å²) in [7, 11) is 0. The molecule has 0 aromatic carbocycles. The monoisotopic (exact) mass is 279 g/mol. The molecule has 2 saturated carbocycles. The quantitative estimate of drug-likeness (QED) is 0.792. The highest BCUT2D eigenvalue weighted by Crippen LogP contribution is 2.42. The van der Waals surface area contributed by atoms with Crippen molar-refractivity contribution in [3.05, 3.63) is 0 Å². The van der Waals surface area contributed by atoms with Crippen molar-refractivity contribution in [2.45, 2.75) is 51.0 Å². The zero-order valence-electron chi connectivity index (χ0n) is 12.1. The Labute approximate surface area is 120 Å². The van der Waals surface area contributed by atoms with E-state index in [-0.39, 0.29) is 29.2 Å². The van der Waals surface area contributed by atoms with Crippen LogP contribution in [0, 0.1) is 11.3 Å². The molecule has 0 bridgehead atoms. The Morgan fingerprint density at radius 3 is 2.25 bits per heavy atom. The first-order chi connectivity index (χ1) is 9.64. The van der Waals surface area contributed by atoms with Crippen molar-refractivity contribution in [3.63, 3.8) is 0 Å². The molecule has 0 spiro atoms. The van der Waals surface area contributed by atoms with Crippen molar-refractivity contribution in [3.8, 4) is 0 Å². The summed E-state index contributed by atoms with van der Waals surface area (Å²) < 4.78 is 0. The van der Waals surface area contributed by atoms with E-state index in [9.17, 15) is 9.59 Å². The smallest absolute Gasteiger partial charge is 0.230 e. The van der Waals surface area contributed by atoms with E-state index < -0.39 is 0 Å². The average Bonchev–Trinajstić information content (AvgIpc) is 3.23. The number of hydrogen-bond acceptors (Lipinski definition) is 3. The lowest BCUT2D eigenvalue weighted by molar-refractivity contribution is -0.147. The molecule has 0 atom stereocenters. The van der Waals surface area contributed by atoms with Gasteiger partial charge in [0.15, 0.2) is 0 Å². The van der Waals surface area contributed by atoms with E-state index in [2.05, 4.69) is 5.32 Å². The summed E-state index contributed by atoms with van der Waals surface area (Å²) in [6.07, 6.45) is 6.86. The SMILES string of the molecule is NCC1(C(=O)N2CCC(NC(=O)C3CC3)CC2)CCC1. The second-order valence-electron chi connectivity index (χ2n) is 6.69. The molecule has 112 valence electrons. The molecule has 3 rings (SSSR count). The summed E-state index contributed by atoms with van der Waals surface area (Å²) >= 11 is 0. The highest BCUT2D eigenvalue weighted by molar-refractivity contribution is 5.84. The summed E-state index contributed by atoms with van der Waals surface area (Å²) in [5.41, 5.74) is 5.55. The molecular formula is C15H25N3O2. The highest BCUT2D eigenvalue weighted by atomic mass is 16.2. The van der Waals surface area contributed by atoms with Gasteiger partial charge in [-0.1, -0.05) is 6.42 Å². The lowest BCUT2D eigenvalue weighted by Gasteiger charge is -2.44. The lowest BCUT2D eigenvalue weighted by atomic mass is 9.67. The molecular weight excluding hydrogens is 254 g/mol. The summed E-state index contributed by atoms with van der Waals surface area (Å²) in [5.74, 6) is 0.732. The van der Waals surface area contributed by atoms with Crippen molar-refractivity contribution < 1.29 is 9.59 Å². The molecule has 0 aromatic rings. The molecule has 0 radical (unpaired) electrons. The Balaban J connectivity index is 1.48. The number of hydrogen-bond donors (Lipinski definition) is 2. The molecule has 1 heterocycles. The fraction of sp³-hybridized carbons (Fsp3) is 0.867. The fourth-order valence-electron chi connectivity index (χ4n) is 3.34. The topological polar surface area (TPSA) is 75.4 Å². The molecule has 2 aliphatic carbocycles. The van der Waals surface area contributed by atoms with Crippen LogP contribution in [0.1, 0.15) is 44.9 Å². The Bertz CT molecular complexity index is 388. The number of rotatable bonds is 4. The van der Waals surface area contributed by atoms with Gasteiger partial charge < -0.3 is 16.0 Å². The highest BCUT2D eigenvalue weighted by Gasteiger charge is 2.45. The van der Waals surface area contributed by atoms with Gasteiger partial charge in [-0.2, -0.15) is 0 Å². The maximum absolute atomic E-state index is 12.5. The average molecular weight is 279 g/mol. The van der Waals surface area contributed by atoms with Crippen LogP contribution in [0.2, 0.25) is 0 Å². The third-order valence-electron chi connectivity index (χ3n) is 5.23. The normalized spacial score (nSPS) is 25.9. The Hall–Kier alpha value is -1.10. The van der Waals surface area contributed by atoms with Crippen molar-refractivity contribution in [1.82, 2.24) is 10.2 Å². The van der Waals surface area contributed by atoms with Crippen LogP contribution < -0.4 is 11.1 Å². The van der Waals surface area contributed by atoms with Gasteiger partial charge >= 0.3 is 0 Å². The molecule has 3 N–H and O–H groups in total. The van der Waals surface area contributed by atoms with Crippen LogP contribution in [0.4, 0.5) is 0 Å². The van der Waals surface area contributed by atoms with Crippen molar-refractivity contribution in [1.29, 1.82) is 0 Å². The van der Waals surface area contributed by atoms with E-state index in [1.54, 1.807) is 0 Å². The van der Waals surface area contributed by atoms with E-state index in [0.717, 1.165) is 58.0 Å². The van der Waals surface area contributed by atoms with E-state index in [0.29, 0.717) is 6.54 Å². The zero-order valence-corrected chi connectivity index (χ0v) is 12.1. The van der Waals surface area contributed by atoms with Gasteiger partial charge in [0.05, 0.1) is 5.41 Å².